The summed E-state index contributed by atoms with van der Waals surface area (Å²) in [4.78, 5) is 6.55. The van der Waals surface area contributed by atoms with Gasteiger partial charge in [0.15, 0.2) is 5.82 Å². The van der Waals surface area contributed by atoms with Crippen LogP contribution in [0.4, 0.5) is 26.1 Å². The van der Waals surface area contributed by atoms with Crippen LogP contribution in [0.5, 0.6) is 5.75 Å². The Balaban J connectivity index is 1.78. The lowest BCUT2D eigenvalue weighted by molar-refractivity contribution is -0.0498. The van der Waals surface area contributed by atoms with Crippen LogP contribution in [0.1, 0.15) is 13.8 Å². The molecule has 28 heavy (non-hydrogen) atoms. The Bertz CT molecular complexity index is 901. The molecule has 0 saturated heterocycles. The van der Waals surface area contributed by atoms with Crippen LogP contribution in [0.3, 0.4) is 0 Å². The molecule has 8 heteroatoms. The fourth-order valence-electron chi connectivity index (χ4n) is 2.78. The number of ether oxygens (including phenoxy) is 1. The van der Waals surface area contributed by atoms with E-state index in [4.69, 9.17) is 0 Å². The third-order valence-corrected chi connectivity index (χ3v) is 4.17. The van der Waals surface area contributed by atoms with Gasteiger partial charge in [0.05, 0.1) is 6.20 Å². The molecule has 1 N–H and O–H groups in total. The summed E-state index contributed by atoms with van der Waals surface area (Å²) < 4.78 is 28.9. The predicted molar refractivity (Wildman–Crippen MR) is 105 cm³/mol. The molecule has 6 nitrogen and oxygen atoms in total. The number of aromatic nitrogens is 3. The van der Waals surface area contributed by atoms with Gasteiger partial charge in [0.2, 0.25) is 0 Å². The van der Waals surface area contributed by atoms with Crippen molar-refractivity contribution in [1.82, 2.24) is 15.2 Å². The highest BCUT2D eigenvalue weighted by Crippen LogP contribution is 2.25. The number of anilines is 3. The zero-order valence-electron chi connectivity index (χ0n) is 15.6. The fraction of sp³-hybridized carbons (Fsp3) is 0.250. The fourth-order valence-corrected chi connectivity index (χ4v) is 2.78. The van der Waals surface area contributed by atoms with Gasteiger partial charge in [-0.25, -0.2) is 4.98 Å². The van der Waals surface area contributed by atoms with E-state index in [2.05, 4.69) is 44.0 Å². The standard InChI is InChI=1S/C20H21F2N5O/c1-3-27(4-2)19-12-16(9-10-23-19)25-18-11-15(13-24-26-18)14-5-7-17(8-6-14)28-20(21)22/h5-13,20H,3-4H2,1-2H3,(H,23,25,26). The number of halogens is 2. The van der Waals surface area contributed by atoms with Crippen LogP contribution in [-0.2, 0) is 0 Å². The van der Waals surface area contributed by atoms with Gasteiger partial charge in [-0.3, -0.25) is 0 Å². The maximum absolute atomic E-state index is 12.3. The first-order valence-corrected chi connectivity index (χ1v) is 8.95. The molecule has 0 spiro atoms. The van der Waals surface area contributed by atoms with Crippen molar-refractivity contribution in [3.63, 3.8) is 0 Å². The molecule has 0 amide bonds. The number of benzene rings is 1. The Labute approximate surface area is 162 Å². The first-order valence-electron chi connectivity index (χ1n) is 8.95. The molecular weight excluding hydrogens is 364 g/mol. The van der Waals surface area contributed by atoms with Gasteiger partial charge in [-0.05, 0) is 43.7 Å². The average Bonchev–Trinajstić information content (AvgIpc) is 2.70. The topological polar surface area (TPSA) is 63.2 Å². The number of rotatable bonds is 8. The van der Waals surface area contributed by atoms with Gasteiger partial charge in [0.1, 0.15) is 11.6 Å². The maximum Gasteiger partial charge on any atom is 0.387 e. The molecule has 0 aliphatic heterocycles. The highest BCUT2D eigenvalue weighted by Gasteiger charge is 2.08. The summed E-state index contributed by atoms with van der Waals surface area (Å²) >= 11 is 0. The van der Waals surface area contributed by atoms with Gasteiger partial charge in [-0.15, -0.1) is 5.10 Å². The summed E-state index contributed by atoms with van der Waals surface area (Å²) in [6.07, 6.45) is 3.36. The average molecular weight is 385 g/mol. The van der Waals surface area contributed by atoms with Crippen molar-refractivity contribution in [2.45, 2.75) is 20.5 Å². The first kappa shape index (κ1) is 19.5. The Morgan fingerprint density at radius 3 is 2.46 bits per heavy atom. The number of hydrogen-bond acceptors (Lipinski definition) is 6. The molecule has 1 aromatic carbocycles. The summed E-state index contributed by atoms with van der Waals surface area (Å²) in [7, 11) is 0. The first-order chi connectivity index (χ1) is 13.6. The van der Waals surface area contributed by atoms with E-state index in [0.717, 1.165) is 35.7 Å². The normalized spacial score (nSPS) is 10.8. The van der Waals surface area contributed by atoms with Crippen molar-refractivity contribution in [2.24, 2.45) is 0 Å². The van der Waals surface area contributed by atoms with Gasteiger partial charge < -0.3 is 15.0 Å². The lowest BCUT2D eigenvalue weighted by atomic mass is 10.1. The van der Waals surface area contributed by atoms with Crippen LogP contribution in [0.2, 0.25) is 0 Å². The molecular formula is C20H21F2N5O. The van der Waals surface area contributed by atoms with E-state index in [1.54, 1.807) is 24.5 Å². The van der Waals surface area contributed by atoms with Crippen molar-refractivity contribution < 1.29 is 13.5 Å². The zero-order chi connectivity index (χ0) is 19.9. The minimum atomic E-state index is -2.84. The van der Waals surface area contributed by atoms with Crippen LogP contribution in [0.15, 0.2) is 54.9 Å². The molecule has 0 fully saturated rings. The molecule has 0 aliphatic rings. The number of alkyl halides is 2. The third-order valence-electron chi connectivity index (χ3n) is 4.17. The molecule has 0 saturated carbocycles. The van der Waals surface area contributed by atoms with Crippen molar-refractivity contribution in [3.8, 4) is 16.9 Å². The van der Waals surface area contributed by atoms with E-state index in [1.165, 1.54) is 12.1 Å². The predicted octanol–water partition coefficient (Wildman–Crippen LogP) is 4.73. The quantitative estimate of drug-likeness (QED) is 0.605. The minimum Gasteiger partial charge on any atom is -0.435 e. The van der Waals surface area contributed by atoms with Crippen LogP contribution < -0.4 is 15.0 Å². The van der Waals surface area contributed by atoms with Crippen molar-refractivity contribution in [2.75, 3.05) is 23.3 Å². The second kappa shape index (κ2) is 9.07. The van der Waals surface area contributed by atoms with Crippen molar-refractivity contribution >= 4 is 17.3 Å². The van der Waals surface area contributed by atoms with Crippen molar-refractivity contribution in [1.29, 1.82) is 0 Å². The monoisotopic (exact) mass is 385 g/mol. The second-order valence-corrected chi connectivity index (χ2v) is 5.93. The Kier molecular flexibility index (Phi) is 6.31. The largest absolute Gasteiger partial charge is 0.435 e. The van der Waals surface area contributed by atoms with Gasteiger partial charge in [-0.1, -0.05) is 12.1 Å². The minimum absolute atomic E-state index is 0.111. The number of pyridine rings is 1. The van der Waals surface area contributed by atoms with Gasteiger partial charge in [0.25, 0.3) is 0 Å². The van der Waals surface area contributed by atoms with Crippen LogP contribution in [0, 0.1) is 0 Å². The molecule has 0 bridgehead atoms. The Hall–Kier alpha value is -3.29. The van der Waals surface area contributed by atoms with E-state index >= 15 is 0 Å². The van der Waals surface area contributed by atoms with Gasteiger partial charge in [0, 0.05) is 36.6 Å². The highest BCUT2D eigenvalue weighted by atomic mass is 19.3. The number of nitrogens with zero attached hydrogens (tertiary/aromatic N) is 4. The molecule has 2 aromatic heterocycles. The molecule has 2 heterocycles. The SMILES string of the molecule is CCN(CC)c1cc(Nc2cc(-c3ccc(OC(F)F)cc3)cnn2)ccn1. The van der Waals surface area contributed by atoms with Crippen molar-refractivity contribution in [3.05, 3.63) is 54.9 Å². The Morgan fingerprint density at radius 2 is 1.79 bits per heavy atom. The smallest absolute Gasteiger partial charge is 0.387 e. The molecule has 0 atom stereocenters. The van der Waals surface area contributed by atoms with E-state index in [1.807, 2.05) is 18.2 Å². The third kappa shape index (κ3) is 4.91. The summed E-state index contributed by atoms with van der Waals surface area (Å²) in [5, 5.41) is 11.4. The summed E-state index contributed by atoms with van der Waals surface area (Å²) in [5.41, 5.74) is 2.47. The summed E-state index contributed by atoms with van der Waals surface area (Å²) in [6, 6.07) is 12.0. The van der Waals surface area contributed by atoms with Crippen LogP contribution >= 0.6 is 0 Å². The number of hydrogen-bond donors (Lipinski definition) is 1. The summed E-state index contributed by atoms with van der Waals surface area (Å²) in [6.45, 7) is 3.06. The highest BCUT2D eigenvalue weighted by molar-refractivity contribution is 5.68. The van der Waals surface area contributed by atoms with E-state index in [9.17, 15) is 8.78 Å². The molecule has 3 aromatic rings. The van der Waals surface area contributed by atoms with Gasteiger partial charge >= 0.3 is 6.61 Å². The van der Waals surface area contributed by atoms with E-state index in [0.29, 0.717) is 5.82 Å². The van der Waals surface area contributed by atoms with Crippen LogP contribution in [0.25, 0.3) is 11.1 Å². The lowest BCUT2D eigenvalue weighted by Crippen LogP contribution is -2.22. The summed E-state index contributed by atoms with van der Waals surface area (Å²) in [5.74, 6) is 1.57. The molecule has 146 valence electrons. The maximum atomic E-state index is 12.3. The van der Waals surface area contributed by atoms with E-state index < -0.39 is 6.61 Å². The van der Waals surface area contributed by atoms with E-state index in [-0.39, 0.29) is 5.75 Å². The molecule has 0 aliphatic carbocycles. The second-order valence-electron chi connectivity index (χ2n) is 5.93. The molecule has 0 radical (unpaired) electrons. The zero-order valence-corrected chi connectivity index (χ0v) is 15.6. The number of nitrogens with one attached hydrogen (secondary N) is 1. The Morgan fingerprint density at radius 1 is 1.04 bits per heavy atom. The molecule has 0 unspecified atom stereocenters. The lowest BCUT2D eigenvalue weighted by Gasteiger charge is -2.20. The van der Waals surface area contributed by atoms with Gasteiger partial charge in [-0.2, -0.15) is 13.9 Å². The van der Waals surface area contributed by atoms with Crippen LogP contribution in [-0.4, -0.2) is 34.9 Å². The molecule has 3 rings (SSSR count).